The normalized spacial score (nSPS) is 12.4. The molecule has 0 fully saturated rings. The monoisotopic (exact) mass is 276 g/mol. The number of nitrogens with one attached hydrogen (secondary N) is 2. The third-order valence-corrected chi connectivity index (χ3v) is 3.15. The van der Waals surface area contributed by atoms with E-state index in [1.54, 1.807) is 12.1 Å². The molecule has 1 aromatic rings. The van der Waals surface area contributed by atoms with Crippen LogP contribution in [0.25, 0.3) is 0 Å². The highest BCUT2D eigenvalue weighted by Crippen LogP contribution is 2.23. The maximum atomic E-state index is 11.8. The summed E-state index contributed by atoms with van der Waals surface area (Å²) in [6.07, 6.45) is 3.11. The lowest BCUT2D eigenvalue weighted by atomic mass is 10.1. The van der Waals surface area contributed by atoms with E-state index in [0.717, 1.165) is 24.8 Å². The molecule has 106 valence electrons. The molecule has 2 rings (SSSR count). The molecular formula is C14H16N2O4. The van der Waals surface area contributed by atoms with Crippen molar-refractivity contribution in [1.82, 2.24) is 10.6 Å². The quantitative estimate of drug-likeness (QED) is 0.799. The van der Waals surface area contributed by atoms with Gasteiger partial charge >= 0.3 is 12.0 Å². The first-order valence-electron chi connectivity index (χ1n) is 6.40. The first kappa shape index (κ1) is 14.0. The molecule has 0 saturated carbocycles. The van der Waals surface area contributed by atoms with Crippen LogP contribution in [0.5, 0.6) is 0 Å². The second kappa shape index (κ2) is 6.18. The number of amides is 3. The zero-order valence-electron chi connectivity index (χ0n) is 11.2. The number of fused-ring (bicyclic) bond motifs is 1. The fourth-order valence-electron chi connectivity index (χ4n) is 2.14. The fraction of sp³-hybridized carbons (Fsp3) is 0.357. The number of esters is 1. The van der Waals surface area contributed by atoms with Crippen LogP contribution in [-0.2, 0) is 22.4 Å². The Balaban J connectivity index is 1.89. The standard InChI is InChI=1S/C14H16N2O4/c1-15-14(19)16-12(17)8-20-13(18)11-6-5-9-3-2-4-10(9)7-11/h5-7H,2-4,8H2,1H3,(H2,15,16,17,19). The molecule has 0 saturated heterocycles. The Hall–Kier alpha value is -2.37. The van der Waals surface area contributed by atoms with E-state index in [4.69, 9.17) is 4.74 Å². The van der Waals surface area contributed by atoms with Gasteiger partial charge in [0.25, 0.3) is 5.91 Å². The van der Waals surface area contributed by atoms with Gasteiger partial charge in [-0.15, -0.1) is 0 Å². The molecule has 0 bridgehead atoms. The number of hydrogen-bond donors (Lipinski definition) is 2. The highest BCUT2D eigenvalue weighted by atomic mass is 16.5. The maximum absolute atomic E-state index is 11.8. The molecule has 1 aromatic carbocycles. The fourth-order valence-corrected chi connectivity index (χ4v) is 2.14. The number of carbonyl (C=O) groups is 3. The number of imide groups is 1. The van der Waals surface area contributed by atoms with Gasteiger partial charge in [0.2, 0.25) is 0 Å². The average molecular weight is 276 g/mol. The van der Waals surface area contributed by atoms with Crippen LogP contribution in [0.4, 0.5) is 4.79 Å². The molecule has 0 spiro atoms. The molecule has 0 radical (unpaired) electrons. The van der Waals surface area contributed by atoms with Crippen molar-refractivity contribution in [2.45, 2.75) is 19.3 Å². The molecule has 6 nitrogen and oxygen atoms in total. The smallest absolute Gasteiger partial charge is 0.338 e. The first-order valence-corrected chi connectivity index (χ1v) is 6.40. The molecule has 0 aliphatic heterocycles. The van der Waals surface area contributed by atoms with Crippen LogP contribution in [-0.4, -0.2) is 31.6 Å². The Bertz CT molecular complexity index is 554. The van der Waals surface area contributed by atoms with Crippen LogP contribution in [0.2, 0.25) is 0 Å². The summed E-state index contributed by atoms with van der Waals surface area (Å²) in [6.45, 7) is -0.483. The van der Waals surface area contributed by atoms with Crippen LogP contribution in [0, 0.1) is 0 Å². The summed E-state index contributed by atoms with van der Waals surface area (Å²) in [6, 6.07) is 4.79. The molecule has 0 unspecified atom stereocenters. The maximum Gasteiger partial charge on any atom is 0.338 e. The summed E-state index contributed by atoms with van der Waals surface area (Å²) in [7, 11) is 1.39. The van der Waals surface area contributed by atoms with Gasteiger partial charge in [0, 0.05) is 7.05 Å². The van der Waals surface area contributed by atoms with Crippen molar-refractivity contribution in [2.24, 2.45) is 0 Å². The summed E-state index contributed by atoms with van der Waals surface area (Å²) in [4.78, 5) is 34.0. The van der Waals surface area contributed by atoms with Crippen LogP contribution in [0.15, 0.2) is 18.2 Å². The topological polar surface area (TPSA) is 84.5 Å². The van der Waals surface area contributed by atoms with Crippen molar-refractivity contribution in [1.29, 1.82) is 0 Å². The molecule has 0 heterocycles. The molecule has 0 atom stereocenters. The summed E-state index contributed by atoms with van der Waals surface area (Å²) in [5.41, 5.74) is 2.85. The lowest BCUT2D eigenvalue weighted by molar-refractivity contribution is -0.123. The Labute approximate surface area is 116 Å². The highest BCUT2D eigenvalue weighted by molar-refractivity contribution is 5.97. The number of rotatable bonds is 3. The summed E-state index contributed by atoms with van der Waals surface area (Å²) in [5.74, 6) is -1.23. The van der Waals surface area contributed by atoms with E-state index >= 15 is 0 Å². The van der Waals surface area contributed by atoms with Gasteiger partial charge < -0.3 is 10.1 Å². The minimum atomic E-state index is -0.668. The van der Waals surface area contributed by atoms with E-state index in [9.17, 15) is 14.4 Å². The zero-order valence-corrected chi connectivity index (χ0v) is 11.2. The van der Waals surface area contributed by atoms with Gasteiger partial charge in [-0.3, -0.25) is 10.1 Å². The van der Waals surface area contributed by atoms with Gasteiger partial charge in [0.05, 0.1) is 5.56 Å². The third kappa shape index (κ3) is 3.34. The molecular weight excluding hydrogens is 260 g/mol. The summed E-state index contributed by atoms with van der Waals surface area (Å²) in [5, 5.41) is 4.24. The molecule has 1 aliphatic carbocycles. The predicted molar refractivity (Wildman–Crippen MR) is 71.3 cm³/mol. The highest BCUT2D eigenvalue weighted by Gasteiger charge is 2.16. The van der Waals surface area contributed by atoms with Gasteiger partial charge in [0.15, 0.2) is 6.61 Å². The van der Waals surface area contributed by atoms with Gasteiger partial charge in [-0.2, -0.15) is 0 Å². The Kier molecular flexibility index (Phi) is 4.34. The van der Waals surface area contributed by atoms with Crippen molar-refractivity contribution in [2.75, 3.05) is 13.7 Å². The van der Waals surface area contributed by atoms with Crippen LogP contribution >= 0.6 is 0 Å². The lowest BCUT2D eigenvalue weighted by Crippen LogP contribution is -2.39. The zero-order chi connectivity index (χ0) is 14.5. The van der Waals surface area contributed by atoms with Crippen molar-refractivity contribution < 1.29 is 19.1 Å². The van der Waals surface area contributed by atoms with Crippen molar-refractivity contribution in [3.63, 3.8) is 0 Å². The van der Waals surface area contributed by atoms with Crippen LogP contribution in [0.3, 0.4) is 0 Å². The number of urea groups is 1. The Morgan fingerprint density at radius 2 is 1.95 bits per heavy atom. The average Bonchev–Trinajstić information content (AvgIpc) is 2.91. The Morgan fingerprint density at radius 1 is 1.20 bits per heavy atom. The van der Waals surface area contributed by atoms with E-state index in [0.29, 0.717) is 5.56 Å². The molecule has 3 amide bonds. The molecule has 6 heteroatoms. The number of hydrogen-bond acceptors (Lipinski definition) is 4. The molecule has 1 aliphatic rings. The molecule has 0 aromatic heterocycles. The minimum absolute atomic E-state index is 0.429. The lowest BCUT2D eigenvalue weighted by Gasteiger charge is -2.06. The molecule has 20 heavy (non-hydrogen) atoms. The van der Waals surface area contributed by atoms with Crippen LogP contribution < -0.4 is 10.6 Å². The van der Waals surface area contributed by atoms with Gasteiger partial charge in [0.1, 0.15) is 0 Å². The number of ether oxygens (including phenoxy) is 1. The number of carbonyl (C=O) groups excluding carboxylic acids is 3. The number of benzene rings is 1. The number of aryl methyl sites for hydroxylation is 2. The van der Waals surface area contributed by atoms with E-state index in [1.807, 2.05) is 11.4 Å². The Morgan fingerprint density at radius 3 is 2.70 bits per heavy atom. The van der Waals surface area contributed by atoms with E-state index < -0.39 is 24.5 Å². The second-order valence-corrected chi connectivity index (χ2v) is 4.54. The predicted octanol–water partition coefficient (Wildman–Crippen LogP) is 0.788. The third-order valence-electron chi connectivity index (χ3n) is 3.15. The van der Waals surface area contributed by atoms with Gasteiger partial charge in [-0.05, 0) is 42.5 Å². The largest absolute Gasteiger partial charge is 0.452 e. The van der Waals surface area contributed by atoms with Crippen molar-refractivity contribution in [3.05, 3.63) is 34.9 Å². The molecule has 2 N–H and O–H groups in total. The van der Waals surface area contributed by atoms with E-state index in [2.05, 4.69) is 5.32 Å². The summed E-state index contributed by atoms with van der Waals surface area (Å²) < 4.78 is 4.86. The van der Waals surface area contributed by atoms with E-state index in [1.165, 1.54) is 12.6 Å². The van der Waals surface area contributed by atoms with Gasteiger partial charge in [-0.1, -0.05) is 6.07 Å². The van der Waals surface area contributed by atoms with Crippen LogP contribution in [0.1, 0.15) is 27.9 Å². The van der Waals surface area contributed by atoms with E-state index in [-0.39, 0.29) is 0 Å². The SMILES string of the molecule is CNC(=O)NC(=O)COC(=O)c1ccc2c(c1)CCC2. The van der Waals surface area contributed by atoms with Crippen molar-refractivity contribution >= 4 is 17.9 Å². The summed E-state index contributed by atoms with van der Waals surface area (Å²) >= 11 is 0. The van der Waals surface area contributed by atoms with Gasteiger partial charge in [-0.25, -0.2) is 9.59 Å². The second-order valence-electron chi connectivity index (χ2n) is 4.54. The first-order chi connectivity index (χ1) is 9.60. The minimum Gasteiger partial charge on any atom is -0.452 e. The van der Waals surface area contributed by atoms with Crippen molar-refractivity contribution in [3.8, 4) is 0 Å².